The van der Waals surface area contributed by atoms with Crippen molar-refractivity contribution in [3.8, 4) is 0 Å². The zero-order valence-electron chi connectivity index (χ0n) is 17.3. The molecule has 1 aliphatic rings. The molecule has 0 saturated heterocycles. The lowest BCUT2D eigenvalue weighted by Crippen LogP contribution is -2.42. The van der Waals surface area contributed by atoms with Crippen molar-refractivity contribution in [2.75, 3.05) is 32.0 Å². The number of aliphatic imine (C=N–C) groups is 1. The number of hydrogen-bond acceptors (Lipinski definition) is 4. The van der Waals surface area contributed by atoms with Crippen molar-refractivity contribution in [3.05, 3.63) is 0 Å². The van der Waals surface area contributed by atoms with Crippen LogP contribution in [0.2, 0.25) is 0 Å². The SMILES string of the molecule is CCNC(=NCCC(OCC)C1CCCC1)NCCS(=O)(=O)C(C)(C)C. The van der Waals surface area contributed by atoms with Gasteiger partial charge in [0, 0.05) is 26.2 Å². The number of guanidine groups is 1. The average Bonchev–Trinajstić information content (AvgIpc) is 3.07. The van der Waals surface area contributed by atoms with E-state index in [9.17, 15) is 8.42 Å². The molecule has 0 heterocycles. The average molecular weight is 390 g/mol. The van der Waals surface area contributed by atoms with Crippen molar-refractivity contribution >= 4 is 15.8 Å². The van der Waals surface area contributed by atoms with Crippen LogP contribution in [0.3, 0.4) is 0 Å². The van der Waals surface area contributed by atoms with Crippen LogP contribution in [0.15, 0.2) is 4.99 Å². The summed E-state index contributed by atoms with van der Waals surface area (Å²) in [5, 5.41) is 6.33. The van der Waals surface area contributed by atoms with Crippen LogP contribution in [-0.2, 0) is 14.6 Å². The highest BCUT2D eigenvalue weighted by molar-refractivity contribution is 7.92. The molecule has 1 fully saturated rings. The Morgan fingerprint density at radius 3 is 2.38 bits per heavy atom. The highest BCUT2D eigenvalue weighted by atomic mass is 32.2. The number of nitrogens with zero attached hydrogens (tertiary/aromatic N) is 1. The molecule has 154 valence electrons. The first kappa shape index (κ1) is 23.2. The zero-order chi connectivity index (χ0) is 19.6. The van der Waals surface area contributed by atoms with Crippen molar-refractivity contribution in [2.45, 2.75) is 77.6 Å². The van der Waals surface area contributed by atoms with Crippen LogP contribution in [0.4, 0.5) is 0 Å². The molecule has 0 amide bonds. The molecular weight excluding hydrogens is 350 g/mol. The van der Waals surface area contributed by atoms with Gasteiger partial charge >= 0.3 is 0 Å². The van der Waals surface area contributed by atoms with Crippen molar-refractivity contribution in [2.24, 2.45) is 10.9 Å². The first-order valence-corrected chi connectivity index (χ1v) is 11.7. The number of sulfone groups is 1. The molecule has 1 atom stereocenters. The predicted molar refractivity (Wildman–Crippen MR) is 110 cm³/mol. The molecule has 1 saturated carbocycles. The predicted octanol–water partition coefficient (Wildman–Crippen LogP) is 2.74. The van der Waals surface area contributed by atoms with E-state index >= 15 is 0 Å². The molecule has 0 aromatic heterocycles. The van der Waals surface area contributed by atoms with Crippen LogP contribution in [-0.4, -0.2) is 57.2 Å². The van der Waals surface area contributed by atoms with Gasteiger partial charge in [-0.1, -0.05) is 12.8 Å². The molecule has 1 unspecified atom stereocenters. The second-order valence-electron chi connectivity index (χ2n) is 7.95. The van der Waals surface area contributed by atoms with Gasteiger partial charge in [-0.05, 0) is 59.8 Å². The Morgan fingerprint density at radius 1 is 1.19 bits per heavy atom. The fraction of sp³-hybridized carbons (Fsp3) is 0.947. The largest absolute Gasteiger partial charge is 0.378 e. The maximum atomic E-state index is 12.2. The number of hydrogen-bond donors (Lipinski definition) is 2. The summed E-state index contributed by atoms with van der Waals surface area (Å²) >= 11 is 0. The molecule has 2 N–H and O–H groups in total. The van der Waals surface area contributed by atoms with Gasteiger partial charge in [-0.25, -0.2) is 8.42 Å². The normalized spacial score (nSPS) is 18.1. The van der Waals surface area contributed by atoms with Crippen LogP contribution in [0.5, 0.6) is 0 Å². The summed E-state index contributed by atoms with van der Waals surface area (Å²) in [6.07, 6.45) is 6.34. The van der Waals surface area contributed by atoms with Crippen molar-refractivity contribution < 1.29 is 13.2 Å². The summed E-state index contributed by atoms with van der Waals surface area (Å²) in [7, 11) is -3.13. The fourth-order valence-corrected chi connectivity index (χ4v) is 4.24. The van der Waals surface area contributed by atoms with Gasteiger partial charge < -0.3 is 15.4 Å². The number of nitrogens with one attached hydrogen (secondary N) is 2. The van der Waals surface area contributed by atoms with Gasteiger partial charge in [-0.3, -0.25) is 4.99 Å². The maximum Gasteiger partial charge on any atom is 0.191 e. The quantitative estimate of drug-likeness (QED) is 0.444. The Morgan fingerprint density at radius 2 is 1.85 bits per heavy atom. The van der Waals surface area contributed by atoms with Crippen LogP contribution in [0.1, 0.15) is 66.7 Å². The van der Waals surface area contributed by atoms with Crippen LogP contribution >= 0.6 is 0 Å². The van der Waals surface area contributed by atoms with Crippen LogP contribution < -0.4 is 10.6 Å². The second-order valence-corrected chi connectivity index (χ2v) is 10.8. The van der Waals surface area contributed by atoms with Gasteiger partial charge in [0.25, 0.3) is 0 Å². The highest BCUT2D eigenvalue weighted by Gasteiger charge is 2.28. The van der Waals surface area contributed by atoms with Gasteiger partial charge in [0.05, 0.1) is 16.6 Å². The van der Waals surface area contributed by atoms with Crippen molar-refractivity contribution in [1.29, 1.82) is 0 Å². The Kier molecular flexibility index (Phi) is 9.93. The van der Waals surface area contributed by atoms with Gasteiger partial charge in [-0.15, -0.1) is 0 Å². The van der Waals surface area contributed by atoms with Crippen LogP contribution in [0, 0.1) is 5.92 Å². The highest BCUT2D eigenvalue weighted by Crippen LogP contribution is 2.30. The van der Waals surface area contributed by atoms with E-state index in [0.717, 1.165) is 19.6 Å². The summed E-state index contributed by atoms with van der Waals surface area (Å²) in [5.74, 6) is 1.45. The Labute approximate surface area is 160 Å². The standard InChI is InChI=1S/C19H39N3O3S/c1-6-20-18(22-14-15-26(23,24)19(3,4)5)21-13-12-17(25-7-2)16-10-8-9-11-16/h16-17H,6-15H2,1-5H3,(H2,20,21,22). The first-order valence-electron chi connectivity index (χ1n) is 10.1. The van der Waals surface area contributed by atoms with E-state index in [0.29, 0.717) is 25.0 Å². The lowest BCUT2D eigenvalue weighted by Gasteiger charge is -2.23. The van der Waals surface area contributed by atoms with Gasteiger partial charge in [0.2, 0.25) is 0 Å². The minimum Gasteiger partial charge on any atom is -0.378 e. The van der Waals surface area contributed by atoms with Gasteiger partial charge in [0.15, 0.2) is 15.8 Å². The zero-order valence-corrected chi connectivity index (χ0v) is 18.1. The molecule has 0 aromatic carbocycles. The van der Waals surface area contributed by atoms with Gasteiger partial charge in [-0.2, -0.15) is 0 Å². The molecule has 1 rings (SSSR count). The third-order valence-corrected chi connectivity index (χ3v) is 7.54. The monoisotopic (exact) mass is 389 g/mol. The minimum absolute atomic E-state index is 0.102. The third kappa shape index (κ3) is 7.82. The van der Waals surface area contributed by atoms with E-state index in [2.05, 4.69) is 15.6 Å². The van der Waals surface area contributed by atoms with Crippen molar-refractivity contribution in [3.63, 3.8) is 0 Å². The molecule has 6 nitrogen and oxygen atoms in total. The Bertz CT molecular complexity index is 521. The lowest BCUT2D eigenvalue weighted by molar-refractivity contribution is 0.0177. The first-order chi connectivity index (χ1) is 12.2. The van der Waals surface area contributed by atoms with E-state index in [1.165, 1.54) is 25.7 Å². The van der Waals surface area contributed by atoms with Gasteiger partial charge in [0.1, 0.15) is 0 Å². The van der Waals surface area contributed by atoms with E-state index in [1.54, 1.807) is 20.8 Å². The lowest BCUT2D eigenvalue weighted by atomic mass is 9.98. The molecule has 1 aliphatic carbocycles. The topological polar surface area (TPSA) is 79.8 Å². The molecule has 7 heteroatoms. The second kappa shape index (κ2) is 11.1. The molecule has 0 spiro atoms. The van der Waals surface area contributed by atoms with Crippen molar-refractivity contribution in [1.82, 2.24) is 10.6 Å². The fourth-order valence-electron chi connectivity index (χ4n) is 3.25. The Hall–Kier alpha value is -0.820. The summed E-state index contributed by atoms with van der Waals surface area (Å²) in [4.78, 5) is 4.61. The van der Waals surface area contributed by atoms with E-state index in [4.69, 9.17) is 4.74 Å². The molecule has 26 heavy (non-hydrogen) atoms. The van der Waals surface area contributed by atoms with E-state index < -0.39 is 14.6 Å². The molecule has 0 aliphatic heterocycles. The summed E-state index contributed by atoms with van der Waals surface area (Å²) in [6.45, 7) is 11.8. The summed E-state index contributed by atoms with van der Waals surface area (Å²) < 4.78 is 29.6. The smallest absolute Gasteiger partial charge is 0.191 e. The van der Waals surface area contributed by atoms with E-state index in [-0.39, 0.29) is 11.9 Å². The summed E-state index contributed by atoms with van der Waals surface area (Å²) in [5.41, 5.74) is 0. The van der Waals surface area contributed by atoms with E-state index in [1.807, 2.05) is 13.8 Å². The molecule has 0 radical (unpaired) electrons. The van der Waals surface area contributed by atoms with Crippen LogP contribution in [0.25, 0.3) is 0 Å². The molecule has 0 aromatic rings. The number of rotatable bonds is 10. The number of ether oxygens (including phenoxy) is 1. The maximum absolute atomic E-state index is 12.2. The summed E-state index contributed by atoms with van der Waals surface area (Å²) in [6, 6.07) is 0. The minimum atomic E-state index is -3.13. The molecule has 0 bridgehead atoms. The molecular formula is C19H39N3O3S. The third-order valence-electron chi connectivity index (χ3n) is 4.93. The Balaban J connectivity index is 2.51.